The van der Waals surface area contributed by atoms with Gasteiger partial charge in [-0.2, -0.15) is 5.26 Å². The largest absolute Gasteiger partial charge is 0.306 e. The Hall–Kier alpha value is -1.04. The van der Waals surface area contributed by atoms with Gasteiger partial charge in [-0.1, -0.05) is 23.7 Å². The lowest BCUT2D eigenvalue weighted by Crippen LogP contribution is -2.32. The van der Waals surface area contributed by atoms with E-state index in [9.17, 15) is 5.26 Å². The fourth-order valence-corrected chi connectivity index (χ4v) is 3.04. The minimum absolute atomic E-state index is 0.0622. The van der Waals surface area contributed by atoms with Crippen LogP contribution in [-0.4, -0.2) is 6.04 Å². The average molecular weight is 247 g/mol. The van der Waals surface area contributed by atoms with Gasteiger partial charge in [0, 0.05) is 17.1 Å². The van der Waals surface area contributed by atoms with Crippen LogP contribution in [0.25, 0.3) is 0 Å². The van der Waals surface area contributed by atoms with E-state index < -0.39 is 0 Å². The number of halogens is 1. The SMILES string of the molecule is N#CC1(C2CCC(c3cccc(Cl)c3)N2)CC1. The van der Waals surface area contributed by atoms with Crippen molar-refractivity contribution >= 4 is 11.6 Å². The first kappa shape index (κ1) is 11.1. The number of nitriles is 1. The van der Waals surface area contributed by atoms with Crippen LogP contribution in [0.15, 0.2) is 24.3 Å². The molecule has 0 amide bonds. The number of hydrogen-bond acceptors (Lipinski definition) is 2. The molecular formula is C14H15ClN2. The molecule has 2 aliphatic rings. The first-order valence-corrected chi connectivity index (χ1v) is 6.54. The molecule has 3 rings (SSSR count). The third kappa shape index (κ3) is 1.94. The summed E-state index contributed by atoms with van der Waals surface area (Å²) >= 11 is 6.01. The summed E-state index contributed by atoms with van der Waals surface area (Å²) in [6, 6.07) is 11.2. The Morgan fingerprint density at radius 3 is 2.82 bits per heavy atom. The van der Waals surface area contributed by atoms with Gasteiger partial charge in [-0.15, -0.1) is 0 Å². The minimum Gasteiger partial charge on any atom is -0.306 e. The molecule has 0 aromatic heterocycles. The molecule has 2 fully saturated rings. The Kier molecular flexibility index (Phi) is 2.61. The predicted molar refractivity (Wildman–Crippen MR) is 67.6 cm³/mol. The van der Waals surface area contributed by atoms with Crippen molar-refractivity contribution < 1.29 is 0 Å². The highest BCUT2D eigenvalue weighted by atomic mass is 35.5. The topological polar surface area (TPSA) is 35.8 Å². The fraction of sp³-hybridized carbons (Fsp3) is 0.500. The van der Waals surface area contributed by atoms with E-state index in [0.717, 1.165) is 30.7 Å². The van der Waals surface area contributed by atoms with Crippen molar-refractivity contribution in [1.29, 1.82) is 5.26 Å². The van der Waals surface area contributed by atoms with E-state index in [0.29, 0.717) is 12.1 Å². The van der Waals surface area contributed by atoms with Crippen molar-refractivity contribution in [1.82, 2.24) is 5.32 Å². The van der Waals surface area contributed by atoms with Crippen LogP contribution in [0.3, 0.4) is 0 Å². The molecule has 3 heteroatoms. The van der Waals surface area contributed by atoms with Crippen LogP contribution in [0.2, 0.25) is 5.02 Å². The molecule has 0 bridgehead atoms. The molecule has 1 saturated heterocycles. The van der Waals surface area contributed by atoms with Crippen LogP contribution >= 0.6 is 11.6 Å². The van der Waals surface area contributed by atoms with Crippen LogP contribution in [0, 0.1) is 16.7 Å². The number of benzene rings is 1. The standard InChI is InChI=1S/C14H15ClN2/c15-11-3-1-2-10(8-11)12-4-5-13(17-12)14(9-16)6-7-14/h1-3,8,12-13,17H,4-7H2. The van der Waals surface area contributed by atoms with Gasteiger partial charge in [0.15, 0.2) is 0 Å². The second-order valence-electron chi connectivity index (χ2n) is 5.17. The maximum atomic E-state index is 9.21. The normalized spacial score (nSPS) is 29.9. The van der Waals surface area contributed by atoms with Crippen LogP contribution in [0.1, 0.15) is 37.3 Å². The zero-order chi connectivity index (χ0) is 11.9. The first-order chi connectivity index (χ1) is 8.23. The molecule has 1 saturated carbocycles. The Labute approximate surface area is 107 Å². The Morgan fingerprint density at radius 1 is 1.35 bits per heavy atom. The van der Waals surface area contributed by atoms with Gasteiger partial charge in [0.25, 0.3) is 0 Å². The van der Waals surface area contributed by atoms with Gasteiger partial charge in [0.05, 0.1) is 11.5 Å². The summed E-state index contributed by atoms with van der Waals surface area (Å²) in [5, 5.41) is 13.6. The molecule has 1 heterocycles. The van der Waals surface area contributed by atoms with E-state index >= 15 is 0 Å². The lowest BCUT2D eigenvalue weighted by molar-refractivity contribution is 0.433. The van der Waals surface area contributed by atoms with Gasteiger partial charge in [0.1, 0.15) is 0 Å². The van der Waals surface area contributed by atoms with Crippen LogP contribution in [0.4, 0.5) is 0 Å². The van der Waals surface area contributed by atoms with E-state index in [-0.39, 0.29) is 5.41 Å². The van der Waals surface area contributed by atoms with Gasteiger partial charge in [-0.25, -0.2) is 0 Å². The van der Waals surface area contributed by atoms with Crippen LogP contribution in [-0.2, 0) is 0 Å². The molecule has 17 heavy (non-hydrogen) atoms. The number of rotatable bonds is 2. The van der Waals surface area contributed by atoms with Crippen molar-refractivity contribution in [3.63, 3.8) is 0 Å². The second-order valence-corrected chi connectivity index (χ2v) is 5.61. The van der Waals surface area contributed by atoms with Crippen molar-refractivity contribution in [2.45, 2.75) is 37.8 Å². The molecule has 1 aromatic carbocycles. The highest BCUT2D eigenvalue weighted by Gasteiger charge is 2.52. The molecule has 88 valence electrons. The molecule has 1 aromatic rings. The summed E-state index contributed by atoms with van der Waals surface area (Å²) in [4.78, 5) is 0. The maximum absolute atomic E-state index is 9.21. The monoisotopic (exact) mass is 246 g/mol. The van der Waals surface area contributed by atoms with E-state index in [2.05, 4.69) is 17.5 Å². The lowest BCUT2D eigenvalue weighted by atomic mass is 9.97. The third-order valence-electron chi connectivity index (χ3n) is 4.08. The molecule has 2 nitrogen and oxygen atoms in total. The maximum Gasteiger partial charge on any atom is 0.0728 e. The van der Waals surface area contributed by atoms with E-state index in [4.69, 9.17) is 11.6 Å². The lowest BCUT2D eigenvalue weighted by Gasteiger charge is -2.18. The summed E-state index contributed by atoms with van der Waals surface area (Å²) in [5.74, 6) is 0. The summed E-state index contributed by atoms with van der Waals surface area (Å²) < 4.78 is 0. The highest BCUT2D eigenvalue weighted by Crippen LogP contribution is 2.52. The Bertz CT molecular complexity index is 473. The zero-order valence-corrected chi connectivity index (χ0v) is 10.4. The molecule has 1 N–H and O–H groups in total. The quantitative estimate of drug-likeness (QED) is 0.868. The van der Waals surface area contributed by atoms with Crippen LogP contribution in [0.5, 0.6) is 0 Å². The zero-order valence-electron chi connectivity index (χ0n) is 9.62. The van der Waals surface area contributed by atoms with Crippen molar-refractivity contribution in [3.05, 3.63) is 34.9 Å². The summed E-state index contributed by atoms with van der Waals surface area (Å²) in [6.45, 7) is 0. The second kappa shape index (κ2) is 4.01. The predicted octanol–water partition coefficient (Wildman–Crippen LogP) is 3.44. The molecule has 0 radical (unpaired) electrons. The highest BCUT2D eigenvalue weighted by molar-refractivity contribution is 6.30. The third-order valence-corrected chi connectivity index (χ3v) is 4.31. The first-order valence-electron chi connectivity index (χ1n) is 6.16. The van der Waals surface area contributed by atoms with E-state index in [1.165, 1.54) is 5.56 Å². The van der Waals surface area contributed by atoms with Gasteiger partial charge in [-0.05, 0) is 43.4 Å². The van der Waals surface area contributed by atoms with E-state index in [1.807, 2.05) is 18.2 Å². The molecule has 1 aliphatic carbocycles. The minimum atomic E-state index is -0.0622. The molecule has 0 spiro atoms. The Balaban J connectivity index is 1.75. The molecule has 1 aliphatic heterocycles. The molecule has 2 unspecified atom stereocenters. The summed E-state index contributed by atoms with van der Waals surface area (Å²) in [5.41, 5.74) is 1.18. The van der Waals surface area contributed by atoms with Crippen molar-refractivity contribution in [2.24, 2.45) is 5.41 Å². The molecule has 2 atom stereocenters. The summed E-state index contributed by atoms with van der Waals surface area (Å²) in [6.07, 6.45) is 4.33. The number of hydrogen-bond donors (Lipinski definition) is 1. The van der Waals surface area contributed by atoms with E-state index in [1.54, 1.807) is 0 Å². The van der Waals surface area contributed by atoms with Crippen molar-refractivity contribution in [2.75, 3.05) is 0 Å². The average Bonchev–Trinajstić information content (AvgIpc) is 2.99. The van der Waals surface area contributed by atoms with Gasteiger partial charge < -0.3 is 5.32 Å². The smallest absolute Gasteiger partial charge is 0.0728 e. The molecular weight excluding hydrogens is 232 g/mol. The van der Waals surface area contributed by atoms with Gasteiger partial charge in [-0.3, -0.25) is 0 Å². The van der Waals surface area contributed by atoms with Crippen LogP contribution < -0.4 is 5.32 Å². The van der Waals surface area contributed by atoms with Gasteiger partial charge in [0.2, 0.25) is 0 Å². The fourth-order valence-electron chi connectivity index (χ4n) is 2.84. The summed E-state index contributed by atoms with van der Waals surface area (Å²) in [7, 11) is 0. The van der Waals surface area contributed by atoms with Crippen molar-refractivity contribution in [3.8, 4) is 6.07 Å². The Morgan fingerprint density at radius 2 is 2.18 bits per heavy atom. The number of nitrogens with one attached hydrogen (secondary N) is 1. The number of nitrogens with zero attached hydrogens (tertiary/aromatic N) is 1. The van der Waals surface area contributed by atoms with Gasteiger partial charge >= 0.3 is 0 Å².